The molecular formula is C13H19N3O2S. The lowest BCUT2D eigenvalue weighted by atomic mass is 10.1. The maximum absolute atomic E-state index is 12.4. The molecule has 1 aliphatic heterocycles. The largest absolute Gasteiger partial charge is 0.344 e. The van der Waals surface area contributed by atoms with E-state index in [1.165, 1.54) is 0 Å². The molecule has 104 valence electrons. The number of thiazole rings is 1. The third kappa shape index (κ3) is 3.53. The molecule has 0 saturated carbocycles. The van der Waals surface area contributed by atoms with Crippen LogP contribution in [0.2, 0.25) is 0 Å². The summed E-state index contributed by atoms with van der Waals surface area (Å²) >= 11 is 1.60. The Morgan fingerprint density at radius 1 is 1.53 bits per heavy atom. The molecule has 1 fully saturated rings. The van der Waals surface area contributed by atoms with Crippen LogP contribution in [0.1, 0.15) is 36.1 Å². The Balaban J connectivity index is 2.09. The lowest BCUT2D eigenvalue weighted by Crippen LogP contribution is -2.44. The first kappa shape index (κ1) is 14.0. The van der Waals surface area contributed by atoms with Gasteiger partial charge in [-0.05, 0) is 13.3 Å². The number of nitrogens with one attached hydrogen (secondary N) is 1. The first-order valence-corrected chi connectivity index (χ1v) is 7.41. The van der Waals surface area contributed by atoms with Gasteiger partial charge in [-0.25, -0.2) is 4.98 Å². The van der Waals surface area contributed by atoms with E-state index in [9.17, 15) is 9.59 Å². The van der Waals surface area contributed by atoms with Gasteiger partial charge in [-0.3, -0.25) is 9.59 Å². The highest BCUT2D eigenvalue weighted by Gasteiger charge is 2.29. The molecule has 1 aromatic rings. The number of carbonyl (C=O) groups is 2. The molecule has 5 nitrogen and oxygen atoms in total. The van der Waals surface area contributed by atoms with Gasteiger partial charge in [-0.15, -0.1) is 11.3 Å². The third-order valence-electron chi connectivity index (χ3n) is 3.15. The highest BCUT2D eigenvalue weighted by atomic mass is 32.1. The monoisotopic (exact) mass is 281 g/mol. The standard InChI is InChI=1S/C13H19N3O2S/c1-3-4-11-13(18)16(6-5-12(17)15-11)8-10-7-14-9(2)19-10/h7,11H,3-6,8H2,1-2H3,(H,15,17). The van der Waals surface area contributed by atoms with Crippen molar-refractivity contribution < 1.29 is 9.59 Å². The highest BCUT2D eigenvalue weighted by Crippen LogP contribution is 2.17. The van der Waals surface area contributed by atoms with E-state index in [0.29, 0.717) is 25.9 Å². The van der Waals surface area contributed by atoms with Gasteiger partial charge in [0.05, 0.1) is 11.6 Å². The summed E-state index contributed by atoms with van der Waals surface area (Å²) in [5.74, 6) is -0.00598. The highest BCUT2D eigenvalue weighted by molar-refractivity contribution is 7.11. The zero-order valence-electron chi connectivity index (χ0n) is 11.3. The molecule has 0 aromatic carbocycles. The number of aryl methyl sites for hydroxylation is 1. The number of carbonyl (C=O) groups excluding carboxylic acids is 2. The maximum Gasteiger partial charge on any atom is 0.245 e. The van der Waals surface area contributed by atoms with Gasteiger partial charge >= 0.3 is 0 Å². The van der Waals surface area contributed by atoms with E-state index in [1.54, 1.807) is 16.2 Å². The fraction of sp³-hybridized carbons (Fsp3) is 0.615. The number of hydrogen-bond acceptors (Lipinski definition) is 4. The molecule has 6 heteroatoms. The Hall–Kier alpha value is -1.43. The van der Waals surface area contributed by atoms with Crippen molar-refractivity contribution in [3.63, 3.8) is 0 Å². The molecule has 0 spiro atoms. The van der Waals surface area contributed by atoms with Gasteiger partial charge in [0.15, 0.2) is 0 Å². The summed E-state index contributed by atoms with van der Waals surface area (Å²) in [4.78, 5) is 31.0. The van der Waals surface area contributed by atoms with Gasteiger partial charge in [0.1, 0.15) is 6.04 Å². The SMILES string of the molecule is CCCC1NC(=O)CCN(Cc2cnc(C)s2)C1=O. The Morgan fingerprint density at radius 2 is 2.32 bits per heavy atom. The molecule has 1 unspecified atom stereocenters. The van der Waals surface area contributed by atoms with Gasteiger partial charge in [-0.1, -0.05) is 13.3 Å². The van der Waals surface area contributed by atoms with Crippen molar-refractivity contribution in [1.82, 2.24) is 15.2 Å². The summed E-state index contributed by atoms with van der Waals surface area (Å²) in [5.41, 5.74) is 0. The van der Waals surface area contributed by atoms with Crippen LogP contribution in [0.4, 0.5) is 0 Å². The summed E-state index contributed by atoms with van der Waals surface area (Å²) in [6.45, 7) is 5.01. The molecule has 19 heavy (non-hydrogen) atoms. The smallest absolute Gasteiger partial charge is 0.245 e. The molecule has 0 radical (unpaired) electrons. The predicted octanol–water partition coefficient (Wildman–Crippen LogP) is 1.47. The van der Waals surface area contributed by atoms with Crippen molar-refractivity contribution in [2.75, 3.05) is 6.54 Å². The van der Waals surface area contributed by atoms with E-state index in [2.05, 4.69) is 10.3 Å². The van der Waals surface area contributed by atoms with Crippen molar-refractivity contribution in [2.24, 2.45) is 0 Å². The first-order chi connectivity index (χ1) is 9.10. The molecule has 0 bridgehead atoms. The van der Waals surface area contributed by atoms with E-state index >= 15 is 0 Å². The average molecular weight is 281 g/mol. The molecule has 0 aliphatic carbocycles. The quantitative estimate of drug-likeness (QED) is 0.909. The minimum Gasteiger partial charge on any atom is -0.344 e. The zero-order chi connectivity index (χ0) is 13.8. The zero-order valence-corrected chi connectivity index (χ0v) is 12.1. The van der Waals surface area contributed by atoms with Crippen LogP contribution >= 0.6 is 11.3 Å². The molecule has 1 aromatic heterocycles. The number of hydrogen-bond donors (Lipinski definition) is 1. The van der Waals surface area contributed by atoms with Crippen LogP contribution in [-0.2, 0) is 16.1 Å². The number of aromatic nitrogens is 1. The van der Waals surface area contributed by atoms with Crippen molar-refractivity contribution in [3.05, 3.63) is 16.1 Å². The van der Waals surface area contributed by atoms with Gasteiger partial charge < -0.3 is 10.2 Å². The van der Waals surface area contributed by atoms with Gasteiger partial charge in [0, 0.05) is 24.0 Å². The van der Waals surface area contributed by atoms with Crippen molar-refractivity contribution in [1.29, 1.82) is 0 Å². The summed E-state index contributed by atoms with van der Waals surface area (Å²) in [6.07, 6.45) is 3.76. The van der Waals surface area contributed by atoms with Crippen molar-refractivity contribution in [2.45, 2.75) is 45.7 Å². The Morgan fingerprint density at radius 3 is 2.95 bits per heavy atom. The van der Waals surface area contributed by atoms with E-state index in [1.807, 2.05) is 20.0 Å². The minimum atomic E-state index is -0.367. The van der Waals surface area contributed by atoms with E-state index in [-0.39, 0.29) is 17.9 Å². The van der Waals surface area contributed by atoms with Crippen molar-refractivity contribution in [3.8, 4) is 0 Å². The summed E-state index contributed by atoms with van der Waals surface area (Å²) < 4.78 is 0. The van der Waals surface area contributed by atoms with Crippen LogP contribution in [0.25, 0.3) is 0 Å². The molecule has 2 rings (SSSR count). The molecule has 1 aliphatic rings. The summed E-state index contributed by atoms with van der Waals surface area (Å²) in [7, 11) is 0. The number of amides is 2. The number of rotatable bonds is 4. The molecule has 1 N–H and O–H groups in total. The average Bonchev–Trinajstić information content (AvgIpc) is 2.73. The Labute approximate surface area is 117 Å². The van der Waals surface area contributed by atoms with E-state index < -0.39 is 0 Å². The van der Waals surface area contributed by atoms with Crippen LogP contribution in [0.15, 0.2) is 6.20 Å². The summed E-state index contributed by atoms with van der Waals surface area (Å²) in [6, 6.07) is -0.367. The fourth-order valence-corrected chi connectivity index (χ4v) is 3.01. The third-order valence-corrected chi connectivity index (χ3v) is 4.04. The van der Waals surface area contributed by atoms with E-state index in [4.69, 9.17) is 0 Å². The second-order valence-corrected chi connectivity index (χ2v) is 6.08. The molecule has 1 atom stereocenters. The second kappa shape index (κ2) is 6.14. The van der Waals surface area contributed by atoms with Crippen LogP contribution in [-0.4, -0.2) is 34.3 Å². The first-order valence-electron chi connectivity index (χ1n) is 6.59. The minimum absolute atomic E-state index is 0.0266. The second-order valence-electron chi connectivity index (χ2n) is 4.76. The lowest BCUT2D eigenvalue weighted by Gasteiger charge is -2.23. The fourth-order valence-electron chi connectivity index (χ4n) is 2.20. The van der Waals surface area contributed by atoms with Crippen LogP contribution in [0.3, 0.4) is 0 Å². The van der Waals surface area contributed by atoms with Crippen LogP contribution in [0.5, 0.6) is 0 Å². The van der Waals surface area contributed by atoms with Gasteiger partial charge in [0.2, 0.25) is 11.8 Å². The summed E-state index contributed by atoms with van der Waals surface area (Å²) in [5, 5.41) is 3.80. The van der Waals surface area contributed by atoms with Crippen LogP contribution in [0, 0.1) is 6.92 Å². The molecule has 2 amide bonds. The topological polar surface area (TPSA) is 62.3 Å². The molecule has 2 heterocycles. The maximum atomic E-state index is 12.4. The van der Waals surface area contributed by atoms with Crippen molar-refractivity contribution >= 4 is 23.2 Å². The van der Waals surface area contributed by atoms with Gasteiger partial charge in [0.25, 0.3) is 0 Å². The van der Waals surface area contributed by atoms with Gasteiger partial charge in [-0.2, -0.15) is 0 Å². The lowest BCUT2D eigenvalue weighted by molar-refractivity contribution is -0.134. The normalized spacial score (nSPS) is 20.3. The Kier molecular flexibility index (Phi) is 4.52. The molecular weight excluding hydrogens is 262 g/mol. The predicted molar refractivity (Wildman–Crippen MR) is 73.7 cm³/mol. The van der Waals surface area contributed by atoms with E-state index in [0.717, 1.165) is 16.3 Å². The number of nitrogens with zero attached hydrogens (tertiary/aromatic N) is 2. The Bertz CT molecular complexity index is 472. The van der Waals surface area contributed by atoms with Crippen LogP contribution < -0.4 is 5.32 Å². The molecule has 1 saturated heterocycles.